The minimum atomic E-state index is -4.90. The van der Waals surface area contributed by atoms with Gasteiger partial charge in [0.25, 0.3) is 5.91 Å². The van der Waals surface area contributed by atoms with E-state index in [9.17, 15) is 27.5 Å². The van der Waals surface area contributed by atoms with Gasteiger partial charge in [-0.1, -0.05) is 36.4 Å². The Morgan fingerprint density at radius 2 is 1.83 bits per heavy atom. The summed E-state index contributed by atoms with van der Waals surface area (Å²) in [5, 5.41) is 20.6. The van der Waals surface area contributed by atoms with Crippen molar-refractivity contribution in [2.45, 2.75) is 31.7 Å². The first-order valence-electron chi connectivity index (χ1n) is 10.7. The highest BCUT2D eigenvalue weighted by molar-refractivity contribution is 6.01. The predicted molar refractivity (Wildman–Crippen MR) is 120 cm³/mol. The Morgan fingerprint density at radius 3 is 2.46 bits per heavy atom. The van der Waals surface area contributed by atoms with Crippen LogP contribution >= 0.6 is 0 Å². The highest BCUT2D eigenvalue weighted by atomic mass is 19.4. The molecule has 7 nitrogen and oxygen atoms in total. The molecular formula is C24H21F4N5O2. The zero-order chi connectivity index (χ0) is 25.4. The minimum Gasteiger partial charge on any atom is -0.375 e. The number of amides is 1. The van der Waals surface area contributed by atoms with Gasteiger partial charge in [0.15, 0.2) is 0 Å². The van der Waals surface area contributed by atoms with E-state index in [1.165, 1.54) is 30.8 Å². The van der Waals surface area contributed by atoms with Gasteiger partial charge in [0.2, 0.25) is 5.60 Å². The van der Waals surface area contributed by atoms with Gasteiger partial charge in [0, 0.05) is 12.4 Å². The number of aromatic nitrogens is 4. The number of carbonyl (C=O) groups is 1. The summed E-state index contributed by atoms with van der Waals surface area (Å²) < 4.78 is 54.7. The lowest BCUT2D eigenvalue weighted by atomic mass is 9.96. The van der Waals surface area contributed by atoms with Gasteiger partial charge in [0.1, 0.15) is 17.2 Å². The van der Waals surface area contributed by atoms with Crippen LogP contribution in [0.4, 0.5) is 17.6 Å². The topological polar surface area (TPSA) is 92.9 Å². The molecule has 4 rings (SSSR count). The molecule has 0 unspecified atom stereocenters. The van der Waals surface area contributed by atoms with Crippen LogP contribution in [0.2, 0.25) is 0 Å². The molecule has 2 heterocycles. The normalized spacial score (nSPS) is 13.6. The molecule has 2 aromatic carbocycles. The van der Waals surface area contributed by atoms with Gasteiger partial charge in [-0.05, 0) is 47.4 Å². The lowest BCUT2D eigenvalue weighted by molar-refractivity contribution is -0.269. The third-order valence-electron chi connectivity index (χ3n) is 5.78. The fraction of sp³-hybridized carbons (Fsp3) is 0.250. The quantitative estimate of drug-likeness (QED) is 0.398. The number of hydrogen-bond donors (Lipinski definition) is 2. The van der Waals surface area contributed by atoms with Crippen molar-refractivity contribution >= 4 is 16.8 Å². The summed E-state index contributed by atoms with van der Waals surface area (Å²) >= 11 is 0. The number of hydrogen-bond acceptors (Lipinski definition) is 5. The van der Waals surface area contributed by atoms with Crippen LogP contribution in [0.1, 0.15) is 35.1 Å². The summed E-state index contributed by atoms with van der Waals surface area (Å²) in [6, 6.07) is 12.6. The molecule has 0 spiro atoms. The molecule has 0 radical (unpaired) electrons. The Hall–Kier alpha value is -3.86. The fourth-order valence-corrected chi connectivity index (χ4v) is 3.76. The number of carbonyl (C=O) groups excluding carboxylic acids is 1. The third kappa shape index (κ3) is 4.59. The largest absolute Gasteiger partial charge is 0.423 e. The first-order valence-corrected chi connectivity index (χ1v) is 10.7. The van der Waals surface area contributed by atoms with E-state index >= 15 is 0 Å². The van der Waals surface area contributed by atoms with Crippen molar-refractivity contribution in [1.29, 1.82) is 0 Å². The summed E-state index contributed by atoms with van der Waals surface area (Å²) in [5.74, 6) is -0.804. The molecule has 0 saturated heterocycles. The van der Waals surface area contributed by atoms with Crippen LogP contribution < -0.4 is 5.32 Å². The Kier molecular flexibility index (Phi) is 6.28. The molecule has 0 saturated carbocycles. The maximum absolute atomic E-state index is 13.4. The number of nitrogens with one attached hydrogen (secondary N) is 1. The number of benzene rings is 2. The van der Waals surface area contributed by atoms with Crippen LogP contribution in [0.25, 0.3) is 22.0 Å². The highest BCUT2D eigenvalue weighted by Crippen LogP contribution is 2.40. The first-order chi connectivity index (χ1) is 16.6. The Morgan fingerprint density at radius 1 is 1.11 bits per heavy atom. The molecule has 0 aliphatic rings. The van der Waals surface area contributed by atoms with Crippen LogP contribution in [-0.2, 0) is 12.1 Å². The van der Waals surface area contributed by atoms with Gasteiger partial charge >= 0.3 is 6.18 Å². The highest BCUT2D eigenvalue weighted by Gasteiger charge is 2.55. The molecule has 4 aromatic rings. The molecule has 1 amide bonds. The SMILES string of the molecule is CC[C@@](O)(c1cn(Cc2ccc3c(-c4ccc(F)cc4)cc(C(=O)NC)nc3c2)nn1)C(F)(F)F. The van der Waals surface area contributed by atoms with E-state index in [4.69, 9.17) is 0 Å². The van der Waals surface area contributed by atoms with Gasteiger partial charge in [0.05, 0.1) is 18.3 Å². The Balaban J connectivity index is 1.74. The zero-order valence-corrected chi connectivity index (χ0v) is 18.8. The van der Waals surface area contributed by atoms with Crippen LogP contribution in [-0.4, -0.2) is 44.2 Å². The van der Waals surface area contributed by atoms with Crippen molar-refractivity contribution in [2.24, 2.45) is 0 Å². The van der Waals surface area contributed by atoms with E-state index < -0.39 is 35.6 Å². The molecule has 0 aliphatic carbocycles. The second-order valence-corrected chi connectivity index (χ2v) is 8.01. The lowest BCUT2D eigenvalue weighted by Crippen LogP contribution is -2.42. The molecule has 2 N–H and O–H groups in total. The molecular weight excluding hydrogens is 466 g/mol. The van der Waals surface area contributed by atoms with Gasteiger partial charge in [-0.25, -0.2) is 14.1 Å². The van der Waals surface area contributed by atoms with Crippen molar-refractivity contribution in [3.8, 4) is 11.1 Å². The monoisotopic (exact) mass is 487 g/mol. The third-order valence-corrected chi connectivity index (χ3v) is 5.78. The predicted octanol–water partition coefficient (Wildman–Crippen LogP) is 4.20. The molecule has 0 aliphatic heterocycles. The second kappa shape index (κ2) is 9.06. The van der Waals surface area contributed by atoms with Crippen molar-refractivity contribution < 1.29 is 27.5 Å². The zero-order valence-electron chi connectivity index (χ0n) is 18.8. The van der Waals surface area contributed by atoms with Crippen molar-refractivity contribution in [3.63, 3.8) is 0 Å². The molecule has 35 heavy (non-hydrogen) atoms. The maximum atomic E-state index is 13.4. The number of alkyl halides is 3. The van der Waals surface area contributed by atoms with E-state index in [2.05, 4.69) is 20.6 Å². The Labute approximate surface area is 197 Å². The number of nitrogens with zero attached hydrogens (tertiary/aromatic N) is 4. The van der Waals surface area contributed by atoms with Crippen LogP contribution in [0.15, 0.2) is 54.7 Å². The molecule has 1 atom stereocenters. The average Bonchev–Trinajstić information content (AvgIpc) is 3.30. The van der Waals surface area contributed by atoms with E-state index in [1.54, 1.807) is 36.4 Å². The fourth-order valence-electron chi connectivity index (χ4n) is 3.76. The number of fused-ring (bicyclic) bond motifs is 1. The number of pyridine rings is 1. The van der Waals surface area contributed by atoms with Crippen molar-refractivity contribution in [3.05, 3.63) is 77.5 Å². The summed E-state index contributed by atoms with van der Waals surface area (Å²) in [6.45, 7) is 1.27. The van der Waals surface area contributed by atoms with Gasteiger partial charge in [-0.15, -0.1) is 5.10 Å². The molecule has 0 bridgehead atoms. The van der Waals surface area contributed by atoms with E-state index in [0.717, 1.165) is 6.20 Å². The Bertz CT molecular complexity index is 1390. The first kappa shape index (κ1) is 24.3. The van der Waals surface area contributed by atoms with Gasteiger partial charge in [-0.2, -0.15) is 13.2 Å². The number of halogens is 4. The second-order valence-electron chi connectivity index (χ2n) is 8.01. The van der Waals surface area contributed by atoms with E-state index in [-0.39, 0.29) is 12.2 Å². The van der Waals surface area contributed by atoms with Crippen molar-refractivity contribution in [2.75, 3.05) is 7.05 Å². The van der Waals surface area contributed by atoms with Crippen LogP contribution in [0.3, 0.4) is 0 Å². The van der Waals surface area contributed by atoms with Crippen LogP contribution in [0, 0.1) is 5.82 Å². The van der Waals surface area contributed by atoms with Crippen molar-refractivity contribution in [1.82, 2.24) is 25.3 Å². The minimum absolute atomic E-state index is 0.0539. The van der Waals surface area contributed by atoms with Gasteiger partial charge < -0.3 is 10.4 Å². The average molecular weight is 487 g/mol. The summed E-state index contributed by atoms with van der Waals surface area (Å²) in [5.41, 5.74) is -1.09. The van der Waals surface area contributed by atoms with E-state index in [0.29, 0.717) is 27.6 Å². The van der Waals surface area contributed by atoms with E-state index in [1.807, 2.05) is 0 Å². The molecule has 11 heteroatoms. The lowest BCUT2D eigenvalue weighted by Gasteiger charge is -2.26. The van der Waals surface area contributed by atoms with Gasteiger partial charge in [-0.3, -0.25) is 4.79 Å². The smallest absolute Gasteiger partial charge is 0.375 e. The number of rotatable bonds is 6. The summed E-state index contributed by atoms with van der Waals surface area (Å²) in [4.78, 5) is 16.7. The summed E-state index contributed by atoms with van der Waals surface area (Å²) in [7, 11) is 1.48. The van der Waals surface area contributed by atoms with Crippen LogP contribution in [0.5, 0.6) is 0 Å². The maximum Gasteiger partial charge on any atom is 0.423 e. The summed E-state index contributed by atoms with van der Waals surface area (Å²) in [6.07, 6.45) is -4.45. The molecule has 2 aromatic heterocycles. The standard InChI is InChI=1S/C24H21F4N5O2/c1-3-23(35,24(26,27)28)21-13-33(32-31-21)12-14-4-9-17-18(15-5-7-16(25)8-6-15)11-20(22(34)29-2)30-19(17)10-14/h4-11,13,35H,3,12H2,1-2H3,(H,29,34)/t23-/m1/s1. The molecule has 0 fully saturated rings. The number of aliphatic hydroxyl groups is 1. The molecule has 182 valence electrons.